The molecule has 1 saturated carbocycles. The minimum Gasteiger partial charge on any atom is -0.481 e. The number of hydrogen-bond acceptors (Lipinski definition) is 1. The first kappa shape index (κ1) is 13.4. The second kappa shape index (κ2) is 4.93. The SMILES string of the molecule is Cc1ccc(Cl)c(C2(C(=O)O)CCCCC2)c1C. The number of benzene rings is 1. The summed E-state index contributed by atoms with van der Waals surface area (Å²) in [6.07, 6.45) is 4.46. The molecule has 0 unspecified atom stereocenters. The lowest BCUT2D eigenvalue weighted by Gasteiger charge is -2.35. The van der Waals surface area contributed by atoms with E-state index in [2.05, 4.69) is 0 Å². The zero-order chi connectivity index (χ0) is 13.3. The van der Waals surface area contributed by atoms with Gasteiger partial charge in [-0.3, -0.25) is 4.79 Å². The summed E-state index contributed by atoms with van der Waals surface area (Å²) in [5.74, 6) is -0.724. The normalized spacial score (nSPS) is 18.6. The second-order valence-corrected chi connectivity index (χ2v) is 5.72. The predicted molar refractivity (Wildman–Crippen MR) is 73.3 cm³/mol. The molecule has 0 spiro atoms. The van der Waals surface area contributed by atoms with Crippen LogP contribution < -0.4 is 0 Å². The lowest BCUT2D eigenvalue weighted by molar-refractivity contribution is -0.145. The summed E-state index contributed by atoms with van der Waals surface area (Å²) in [6.45, 7) is 3.99. The van der Waals surface area contributed by atoms with Gasteiger partial charge in [0.25, 0.3) is 0 Å². The highest BCUT2D eigenvalue weighted by molar-refractivity contribution is 6.32. The third-order valence-electron chi connectivity index (χ3n) is 4.28. The van der Waals surface area contributed by atoms with Crippen LogP contribution in [-0.2, 0) is 10.2 Å². The number of carboxylic acid groups (broad SMARTS) is 1. The molecule has 0 radical (unpaired) electrons. The van der Waals surface area contributed by atoms with E-state index in [9.17, 15) is 9.90 Å². The zero-order valence-electron chi connectivity index (χ0n) is 10.9. The Morgan fingerprint density at radius 3 is 2.39 bits per heavy atom. The molecule has 0 heterocycles. The summed E-state index contributed by atoms with van der Waals surface area (Å²) in [5.41, 5.74) is 2.22. The van der Waals surface area contributed by atoms with Crippen LogP contribution in [0.15, 0.2) is 12.1 Å². The van der Waals surface area contributed by atoms with Crippen LogP contribution in [0.4, 0.5) is 0 Å². The Labute approximate surface area is 113 Å². The van der Waals surface area contributed by atoms with Crippen LogP contribution in [0.3, 0.4) is 0 Å². The van der Waals surface area contributed by atoms with E-state index in [0.717, 1.165) is 36.0 Å². The first-order chi connectivity index (χ1) is 8.49. The summed E-state index contributed by atoms with van der Waals surface area (Å²) in [5, 5.41) is 10.3. The summed E-state index contributed by atoms with van der Waals surface area (Å²) in [6, 6.07) is 3.79. The first-order valence-corrected chi connectivity index (χ1v) is 6.86. The van der Waals surface area contributed by atoms with Crippen molar-refractivity contribution in [3.8, 4) is 0 Å². The zero-order valence-corrected chi connectivity index (χ0v) is 11.7. The van der Waals surface area contributed by atoms with Crippen LogP contribution in [-0.4, -0.2) is 11.1 Å². The maximum Gasteiger partial charge on any atom is 0.314 e. The largest absolute Gasteiger partial charge is 0.481 e. The molecule has 0 amide bonds. The van der Waals surface area contributed by atoms with Gasteiger partial charge in [-0.15, -0.1) is 0 Å². The van der Waals surface area contributed by atoms with Crippen molar-refractivity contribution in [2.75, 3.05) is 0 Å². The van der Waals surface area contributed by atoms with Gasteiger partial charge < -0.3 is 5.11 Å². The van der Waals surface area contributed by atoms with Gasteiger partial charge in [0.15, 0.2) is 0 Å². The molecule has 0 atom stereocenters. The van der Waals surface area contributed by atoms with E-state index in [1.807, 2.05) is 26.0 Å². The molecule has 98 valence electrons. The van der Waals surface area contributed by atoms with E-state index in [4.69, 9.17) is 11.6 Å². The Morgan fingerprint density at radius 1 is 1.22 bits per heavy atom. The Balaban J connectivity index is 2.63. The molecule has 18 heavy (non-hydrogen) atoms. The van der Waals surface area contributed by atoms with Crippen molar-refractivity contribution >= 4 is 17.6 Å². The number of hydrogen-bond donors (Lipinski definition) is 1. The molecule has 1 fully saturated rings. The van der Waals surface area contributed by atoms with Gasteiger partial charge in [-0.2, -0.15) is 0 Å². The fourth-order valence-corrected chi connectivity index (χ4v) is 3.48. The summed E-state index contributed by atoms with van der Waals surface area (Å²) < 4.78 is 0. The van der Waals surface area contributed by atoms with Crippen LogP contribution in [0.2, 0.25) is 5.02 Å². The average molecular weight is 267 g/mol. The number of rotatable bonds is 2. The van der Waals surface area contributed by atoms with E-state index in [1.54, 1.807) is 0 Å². The number of aryl methyl sites for hydroxylation is 1. The van der Waals surface area contributed by atoms with Crippen LogP contribution in [0.5, 0.6) is 0 Å². The van der Waals surface area contributed by atoms with Gasteiger partial charge in [0.1, 0.15) is 0 Å². The molecule has 2 rings (SSSR count). The summed E-state index contributed by atoms with van der Waals surface area (Å²) in [7, 11) is 0. The van der Waals surface area contributed by atoms with Gasteiger partial charge in [0, 0.05) is 5.02 Å². The van der Waals surface area contributed by atoms with Gasteiger partial charge >= 0.3 is 5.97 Å². The second-order valence-electron chi connectivity index (χ2n) is 5.31. The summed E-state index contributed by atoms with van der Waals surface area (Å²) in [4.78, 5) is 11.8. The number of carbonyl (C=O) groups is 1. The predicted octanol–water partition coefficient (Wildman–Crippen LogP) is 4.24. The molecule has 0 saturated heterocycles. The number of carboxylic acids is 1. The van der Waals surface area contributed by atoms with Crippen molar-refractivity contribution in [2.45, 2.75) is 51.4 Å². The van der Waals surface area contributed by atoms with Crippen molar-refractivity contribution < 1.29 is 9.90 Å². The van der Waals surface area contributed by atoms with E-state index < -0.39 is 11.4 Å². The van der Waals surface area contributed by atoms with E-state index in [1.165, 1.54) is 0 Å². The Bertz CT molecular complexity index is 474. The molecule has 0 aromatic heterocycles. The van der Waals surface area contributed by atoms with Gasteiger partial charge in [0.2, 0.25) is 0 Å². The summed E-state index contributed by atoms with van der Waals surface area (Å²) >= 11 is 6.31. The Kier molecular flexibility index (Phi) is 3.67. The fraction of sp³-hybridized carbons (Fsp3) is 0.533. The van der Waals surface area contributed by atoms with Crippen molar-refractivity contribution in [3.05, 3.63) is 33.8 Å². The maximum absolute atomic E-state index is 11.8. The highest BCUT2D eigenvalue weighted by Crippen LogP contribution is 2.44. The highest BCUT2D eigenvalue weighted by Gasteiger charge is 2.43. The molecule has 0 bridgehead atoms. The lowest BCUT2D eigenvalue weighted by atomic mass is 9.68. The van der Waals surface area contributed by atoms with Crippen molar-refractivity contribution in [3.63, 3.8) is 0 Å². The van der Waals surface area contributed by atoms with Crippen molar-refractivity contribution in [1.29, 1.82) is 0 Å². The van der Waals surface area contributed by atoms with Crippen LogP contribution >= 0.6 is 11.6 Å². The molecular formula is C15H19ClO2. The third-order valence-corrected chi connectivity index (χ3v) is 4.60. The molecular weight excluding hydrogens is 248 g/mol. The van der Waals surface area contributed by atoms with E-state index in [-0.39, 0.29) is 0 Å². The molecule has 1 aliphatic rings. The molecule has 0 aliphatic heterocycles. The highest BCUT2D eigenvalue weighted by atomic mass is 35.5. The quantitative estimate of drug-likeness (QED) is 0.869. The standard InChI is InChI=1S/C15H19ClO2/c1-10-6-7-12(16)13(11(10)2)15(14(17)18)8-4-3-5-9-15/h6-7H,3-5,8-9H2,1-2H3,(H,17,18). The van der Waals surface area contributed by atoms with Crippen LogP contribution in [0.25, 0.3) is 0 Å². The van der Waals surface area contributed by atoms with Crippen molar-refractivity contribution in [2.24, 2.45) is 0 Å². The van der Waals surface area contributed by atoms with Gasteiger partial charge in [-0.1, -0.05) is 36.9 Å². The first-order valence-electron chi connectivity index (χ1n) is 6.48. The van der Waals surface area contributed by atoms with Crippen LogP contribution in [0.1, 0.15) is 48.8 Å². The monoisotopic (exact) mass is 266 g/mol. The molecule has 2 nitrogen and oxygen atoms in total. The minimum absolute atomic E-state index is 0.599. The van der Waals surface area contributed by atoms with Gasteiger partial charge in [0.05, 0.1) is 5.41 Å². The molecule has 1 aromatic rings. The minimum atomic E-state index is -0.772. The number of halogens is 1. The van der Waals surface area contributed by atoms with E-state index >= 15 is 0 Å². The molecule has 1 aliphatic carbocycles. The van der Waals surface area contributed by atoms with Gasteiger partial charge in [-0.25, -0.2) is 0 Å². The number of aliphatic carboxylic acids is 1. The van der Waals surface area contributed by atoms with Crippen LogP contribution in [0, 0.1) is 13.8 Å². The van der Waals surface area contributed by atoms with Gasteiger partial charge in [-0.05, 0) is 49.4 Å². The molecule has 3 heteroatoms. The Hall–Kier alpha value is -1.02. The fourth-order valence-electron chi connectivity index (χ4n) is 3.10. The topological polar surface area (TPSA) is 37.3 Å². The smallest absolute Gasteiger partial charge is 0.314 e. The third kappa shape index (κ3) is 2.03. The average Bonchev–Trinajstić information content (AvgIpc) is 2.35. The molecule has 1 N–H and O–H groups in total. The lowest BCUT2D eigenvalue weighted by Crippen LogP contribution is -2.39. The van der Waals surface area contributed by atoms with Crippen molar-refractivity contribution in [1.82, 2.24) is 0 Å². The Morgan fingerprint density at radius 2 is 1.83 bits per heavy atom. The van der Waals surface area contributed by atoms with E-state index in [0.29, 0.717) is 17.9 Å². The maximum atomic E-state index is 11.8. The molecule has 1 aromatic carbocycles.